The molecule has 1 atom stereocenters. The van der Waals surface area contributed by atoms with Gasteiger partial charge < -0.3 is 10.5 Å². The Bertz CT molecular complexity index is 266. The van der Waals surface area contributed by atoms with E-state index in [-0.39, 0.29) is 24.3 Å². The smallest absolute Gasteiger partial charge is 0.123 e. The summed E-state index contributed by atoms with van der Waals surface area (Å²) in [5, 5.41) is 0. The van der Waals surface area contributed by atoms with Crippen molar-refractivity contribution in [1.29, 1.82) is 0 Å². The standard InChI is InChI=1S/C11H16FNO.ClH/c1-2-11(13)8-14-7-9-3-5-10(12)6-4-9;/h3-6,11H,2,7-8,13H2,1H3;1H. The Hall–Kier alpha value is -0.640. The zero-order valence-electron chi connectivity index (χ0n) is 8.78. The van der Waals surface area contributed by atoms with Crippen LogP contribution >= 0.6 is 12.4 Å². The second kappa shape index (κ2) is 7.63. The minimum absolute atomic E-state index is 0. The molecular weight excluding hydrogens is 217 g/mol. The number of rotatable bonds is 5. The number of hydrogen-bond donors (Lipinski definition) is 1. The highest BCUT2D eigenvalue weighted by molar-refractivity contribution is 5.85. The van der Waals surface area contributed by atoms with E-state index in [0.717, 1.165) is 12.0 Å². The summed E-state index contributed by atoms with van der Waals surface area (Å²) in [5.41, 5.74) is 6.64. The quantitative estimate of drug-likeness (QED) is 0.848. The van der Waals surface area contributed by atoms with Gasteiger partial charge in [-0.05, 0) is 24.1 Å². The van der Waals surface area contributed by atoms with Crippen molar-refractivity contribution in [1.82, 2.24) is 0 Å². The third kappa shape index (κ3) is 5.72. The molecule has 1 rings (SSSR count). The van der Waals surface area contributed by atoms with Crippen LogP contribution in [0.3, 0.4) is 0 Å². The summed E-state index contributed by atoms with van der Waals surface area (Å²) >= 11 is 0. The van der Waals surface area contributed by atoms with Crippen LogP contribution < -0.4 is 5.73 Å². The molecule has 0 aromatic heterocycles. The molecule has 0 aliphatic rings. The molecule has 2 N–H and O–H groups in total. The number of benzene rings is 1. The van der Waals surface area contributed by atoms with Gasteiger partial charge in [0.2, 0.25) is 0 Å². The van der Waals surface area contributed by atoms with E-state index >= 15 is 0 Å². The normalized spacial score (nSPS) is 11.9. The van der Waals surface area contributed by atoms with Crippen molar-refractivity contribution in [3.8, 4) is 0 Å². The van der Waals surface area contributed by atoms with Crippen LogP contribution in [0.1, 0.15) is 18.9 Å². The van der Waals surface area contributed by atoms with Crippen LogP contribution in [0.2, 0.25) is 0 Å². The summed E-state index contributed by atoms with van der Waals surface area (Å²) in [4.78, 5) is 0. The Kier molecular flexibility index (Phi) is 7.30. The average Bonchev–Trinajstić information content (AvgIpc) is 2.21. The summed E-state index contributed by atoms with van der Waals surface area (Å²) < 4.78 is 17.9. The Morgan fingerprint density at radius 2 is 1.93 bits per heavy atom. The van der Waals surface area contributed by atoms with Gasteiger partial charge in [-0.3, -0.25) is 0 Å². The second-order valence-corrected chi connectivity index (χ2v) is 3.31. The van der Waals surface area contributed by atoms with E-state index in [1.165, 1.54) is 12.1 Å². The Labute approximate surface area is 96.0 Å². The van der Waals surface area contributed by atoms with Crippen LogP contribution in [0.5, 0.6) is 0 Å². The third-order valence-electron chi connectivity index (χ3n) is 2.04. The maximum atomic E-state index is 12.5. The highest BCUT2D eigenvalue weighted by Crippen LogP contribution is 2.04. The molecule has 0 heterocycles. The predicted octanol–water partition coefficient (Wildman–Crippen LogP) is 2.50. The van der Waals surface area contributed by atoms with Crippen molar-refractivity contribution in [3.63, 3.8) is 0 Å². The van der Waals surface area contributed by atoms with Crippen molar-refractivity contribution in [2.24, 2.45) is 5.73 Å². The van der Waals surface area contributed by atoms with Crippen molar-refractivity contribution in [2.75, 3.05) is 6.61 Å². The molecule has 0 saturated heterocycles. The van der Waals surface area contributed by atoms with Gasteiger partial charge in [-0.25, -0.2) is 4.39 Å². The molecule has 1 unspecified atom stereocenters. The van der Waals surface area contributed by atoms with Crippen molar-refractivity contribution in [3.05, 3.63) is 35.6 Å². The molecule has 1 aromatic carbocycles. The molecule has 0 radical (unpaired) electrons. The van der Waals surface area contributed by atoms with E-state index in [0.29, 0.717) is 13.2 Å². The van der Waals surface area contributed by atoms with Crippen LogP contribution in [0, 0.1) is 5.82 Å². The van der Waals surface area contributed by atoms with Crippen LogP contribution in [-0.2, 0) is 11.3 Å². The molecule has 15 heavy (non-hydrogen) atoms. The molecule has 0 amide bonds. The molecule has 0 bridgehead atoms. The van der Waals surface area contributed by atoms with Crippen LogP contribution in [0.25, 0.3) is 0 Å². The lowest BCUT2D eigenvalue weighted by Crippen LogP contribution is -2.24. The SMILES string of the molecule is CCC(N)COCc1ccc(F)cc1.Cl. The average molecular weight is 234 g/mol. The number of ether oxygens (including phenoxy) is 1. The van der Waals surface area contributed by atoms with Crippen LogP contribution in [-0.4, -0.2) is 12.6 Å². The predicted molar refractivity (Wildman–Crippen MR) is 61.6 cm³/mol. The first-order chi connectivity index (χ1) is 6.72. The molecule has 86 valence electrons. The first-order valence-electron chi connectivity index (χ1n) is 4.80. The zero-order valence-corrected chi connectivity index (χ0v) is 9.60. The fourth-order valence-electron chi connectivity index (χ4n) is 1.03. The molecule has 0 aliphatic carbocycles. The molecule has 1 aromatic rings. The summed E-state index contributed by atoms with van der Waals surface area (Å²) in [5.74, 6) is -0.223. The molecule has 0 fully saturated rings. The molecule has 0 saturated carbocycles. The Morgan fingerprint density at radius 3 is 2.47 bits per heavy atom. The molecule has 4 heteroatoms. The largest absolute Gasteiger partial charge is 0.375 e. The summed E-state index contributed by atoms with van der Waals surface area (Å²) in [6.07, 6.45) is 0.906. The molecular formula is C11H17ClFNO. The van der Waals surface area contributed by atoms with Gasteiger partial charge in [-0.1, -0.05) is 19.1 Å². The highest BCUT2D eigenvalue weighted by Gasteiger charge is 1.99. The van der Waals surface area contributed by atoms with Crippen molar-refractivity contribution < 1.29 is 9.13 Å². The highest BCUT2D eigenvalue weighted by atomic mass is 35.5. The monoisotopic (exact) mass is 233 g/mol. The number of hydrogen-bond acceptors (Lipinski definition) is 2. The van der Waals surface area contributed by atoms with E-state index < -0.39 is 0 Å². The first kappa shape index (κ1) is 14.4. The Balaban J connectivity index is 0.00000196. The van der Waals surface area contributed by atoms with Gasteiger partial charge in [0.05, 0.1) is 13.2 Å². The van der Waals surface area contributed by atoms with Crippen LogP contribution in [0.15, 0.2) is 24.3 Å². The fourth-order valence-corrected chi connectivity index (χ4v) is 1.03. The van der Waals surface area contributed by atoms with Gasteiger partial charge in [0, 0.05) is 6.04 Å². The van der Waals surface area contributed by atoms with Gasteiger partial charge in [0.25, 0.3) is 0 Å². The van der Waals surface area contributed by atoms with E-state index in [9.17, 15) is 4.39 Å². The minimum Gasteiger partial charge on any atom is -0.375 e. The third-order valence-corrected chi connectivity index (χ3v) is 2.04. The lowest BCUT2D eigenvalue weighted by Gasteiger charge is -2.09. The van der Waals surface area contributed by atoms with Gasteiger partial charge >= 0.3 is 0 Å². The van der Waals surface area contributed by atoms with Crippen molar-refractivity contribution in [2.45, 2.75) is 26.0 Å². The van der Waals surface area contributed by atoms with Gasteiger partial charge in [-0.2, -0.15) is 0 Å². The summed E-state index contributed by atoms with van der Waals surface area (Å²) in [6.45, 7) is 3.06. The van der Waals surface area contributed by atoms with E-state index in [4.69, 9.17) is 10.5 Å². The number of nitrogens with two attached hydrogens (primary N) is 1. The van der Waals surface area contributed by atoms with E-state index in [2.05, 4.69) is 0 Å². The van der Waals surface area contributed by atoms with Gasteiger partial charge in [0.15, 0.2) is 0 Å². The van der Waals surface area contributed by atoms with E-state index in [1.54, 1.807) is 12.1 Å². The Morgan fingerprint density at radius 1 is 1.33 bits per heavy atom. The van der Waals surface area contributed by atoms with Crippen molar-refractivity contribution >= 4 is 12.4 Å². The second-order valence-electron chi connectivity index (χ2n) is 3.31. The van der Waals surface area contributed by atoms with Crippen LogP contribution in [0.4, 0.5) is 4.39 Å². The molecule has 0 spiro atoms. The van der Waals surface area contributed by atoms with Gasteiger partial charge in [0.1, 0.15) is 5.82 Å². The fraction of sp³-hybridized carbons (Fsp3) is 0.455. The maximum Gasteiger partial charge on any atom is 0.123 e. The lowest BCUT2D eigenvalue weighted by atomic mass is 10.2. The summed E-state index contributed by atoms with van der Waals surface area (Å²) in [6, 6.07) is 6.38. The zero-order chi connectivity index (χ0) is 10.4. The summed E-state index contributed by atoms with van der Waals surface area (Å²) in [7, 11) is 0. The van der Waals surface area contributed by atoms with Gasteiger partial charge in [-0.15, -0.1) is 12.4 Å². The lowest BCUT2D eigenvalue weighted by molar-refractivity contribution is 0.107. The molecule has 0 aliphatic heterocycles. The first-order valence-corrected chi connectivity index (χ1v) is 4.80. The number of halogens is 2. The topological polar surface area (TPSA) is 35.2 Å². The maximum absolute atomic E-state index is 12.5. The minimum atomic E-state index is -0.223. The molecule has 2 nitrogen and oxygen atoms in total. The van der Waals surface area contributed by atoms with E-state index in [1.807, 2.05) is 6.92 Å².